The molecular weight excluding hydrogens is 384 g/mol. The zero-order valence-electron chi connectivity index (χ0n) is 17.9. The summed E-state index contributed by atoms with van der Waals surface area (Å²) in [6, 6.07) is 9.74. The van der Waals surface area contributed by atoms with E-state index in [1.807, 2.05) is 30.3 Å². The molecule has 1 aromatic heterocycles. The van der Waals surface area contributed by atoms with E-state index in [2.05, 4.69) is 15.5 Å². The van der Waals surface area contributed by atoms with Crippen molar-refractivity contribution in [1.29, 1.82) is 0 Å². The van der Waals surface area contributed by atoms with E-state index in [0.29, 0.717) is 18.0 Å². The average Bonchev–Trinajstić information content (AvgIpc) is 3.31. The molecule has 1 saturated heterocycles. The van der Waals surface area contributed by atoms with Gasteiger partial charge < -0.3 is 29.3 Å². The van der Waals surface area contributed by atoms with Crippen molar-refractivity contribution in [1.82, 2.24) is 15.5 Å². The first kappa shape index (κ1) is 22.0. The van der Waals surface area contributed by atoms with Crippen LogP contribution in [0.1, 0.15) is 11.3 Å². The Morgan fingerprint density at radius 3 is 2.60 bits per heavy atom. The Morgan fingerprint density at radius 1 is 1.07 bits per heavy atom. The molecule has 0 aliphatic carbocycles. The van der Waals surface area contributed by atoms with Gasteiger partial charge in [0.1, 0.15) is 5.76 Å². The van der Waals surface area contributed by atoms with Crippen LogP contribution < -0.4 is 20.1 Å². The fourth-order valence-electron chi connectivity index (χ4n) is 3.24. The molecule has 8 nitrogen and oxygen atoms in total. The minimum absolute atomic E-state index is 0.536. The summed E-state index contributed by atoms with van der Waals surface area (Å²) in [5.74, 6) is 3.16. The van der Waals surface area contributed by atoms with E-state index >= 15 is 0 Å². The summed E-state index contributed by atoms with van der Waals surface area (Å²) in [7, 11) is 3.27. The highest BCUT2D eigenvalue weighted by atomic mass is 16.5. The van der Waals surface area contributed by atoms with Crippen LogP contribution in [0.3, 0.4) is 0 Å². The van der Waals surface area contributed by atoms with Crippen molar-refractivity contribution in [3.05, 3.63) is 47.9 Å². The normalized spacial score (nSPS) is 15.1. The lowest BCUT2D eigenvalue weighted by molar-refractivity contribution is 0.0389. The van der Waals surface area contributed by atoms with E-state index in [0.717, 1.165) is 69.6 Å². The maximum absolute atomic E-state index is 5.41. The van der Waals surface area contributed by atoms with Crippen molar-refractivity contribution in [2.24, 2.45) is 4.99 Å². The number of morpholine rings is 1. The number of methoxy groups -OCH3 is 2. The molecule has 0 amide bonds. The monoisotopic (exact) mass is 416 g/mol. The number of aliphatic imine (C=N–C) groups is 1. The Kier molecular flexibility index (Phi) is 8.86. The SMILES string of the molecule is COc1ccc(CN=C(NCCc2ccco2)NCCN2CCOCC2)cc1OC. The quantitative estimate of drug-likeness (QED) is 0.452. The molecule has 0 unspecified atom stereocenters. The van der Waals surface area contributed by atoms with Crippen molar-refractivity contribution in [2.45, 2.75) is 13.0 Å². The molecule has 8 heteroatoms. The molecule has 0 bridgehead atoms. The molecule has 3 rings (SSSR count). The third kappa shape index (κ3) is 6.96. The second-order valence-electron chi connectivity index (χ2n) is 6.99. The average molecular weight is 417 g/mol. The van der Waals surface area contributed by atoms with Gasteiger partial charge in [-0.15, -0.1) is 0 Å². The molecule has 0 saturated carbocycles. The number of nitrogens with zero attached hydrogens (tertiary/aromatic N) is 2. The first-order chi connectivity index (χ1) is 14.8. The number of furan rings is 1. The molecule has 1 aliphatic heterocycles. The summed E-state index contributed by atoms with van der Waals surface area (Å²) in [4.78, 5) is 7.14. The zero-order chi connectivity index (χ0) is 21.0. The van der Waals surface area contributed by atoms with Crippen LogP contribution >= 0.6 is 0 Å². The second kappa shape index (κ2) is 12.1. The molecule has 2 N–H and O–H groups in total. The van der Waals surface area contributed by atoms with Crippen LogP contribution in [0, 0.1) is 0 Å². The summed E-state index contributed by atoms with van der Waals surface area (Å²) in [5.41, 5.74) is 1.05. The Balaban J connectivity index is 1.56. The summed E-state index contributed by atoms with van der Waals surface area (Å²) < 4.78 is 21.5. The van der Waals surface area contributed by atoms with Crippen molar-refractivity contribution >= 4 is 5.96 Å². The number of guanidine groups is 1. The maximum atomic E-state index is 5.41. The Morgan fingerprint density at radius 2 is 1.87 bits per heavy atom. The summed E-state index contributed by atoms with van der Waals surface area (Å²) in [5, 5.41) is 6.84. The van der Waals surface area contributed by atoms with Gasteiger partial charge in [0.25, 0.3) is 0 Å². The van der Waals surface area contributed by atoms with Crippen LogP contribution in [0.4, 0.5) is 0 Å². The second-order valence-corrected chi connectivity index (χ2v) is 6.99. The third-order valence-corrected chi connectivity index (χ3v) is 4.94. The highest BCUT2D eigenvalue weighted by Gasteiger charge is 2.10. The van der Waals surface area contributed by atoms with Gasteiger partial charge in [-0.2, -0.15) is 0 Å². The molecule has 0 spiro atoms. The van der Waals surface area contributed by atoms with Gasteiger partial charge >= 0.3 is 0 Å². The van der Waals surface area contributed by atoms with Crippen molar-refractivity contribution in [2.75, 3.05) is 60.2 Å². The van der Waals surface area contributed by atoms with Gasteiger partial charge in [-0.25, -0.2) is 4.99 Å². The van der Waals surface area contributed by atoms with Crippen LogP contribution in [0.25, 0.3) is 0 Å². The number of hydrogen-bond donors (Lipinski definition) is 2. The van der Waals surface area contributed by atoms with Crippen LogP contribution in [0.2, 0.25) is 0 Å². The fourth-order valence-corrected chi connectivity index (χ4v) is 3.24. The van der Waals surface area contributed by atoms with Gasteiger partial charge in [0.2, 0.25) is 0 Å². The molecule has 0 radical (unpaired) electrons. The van der Waals surface area contributed by atoms with Gasteiger partial charge in [0.15, 0.2) is 17.5 Å². The largest absolute Gasteiger partial charge is 0.493 e. The summed E-state index contributed by atoms with van der Waals surface area (Å²) in [6.45, 7) is 6.62. The standard InChI is InChI=1S/C22H32N4O4/c1-27-20-6-5-18(16-21(20)28-2)17-25-22(23-8-7-19-4-3-13-30-19)24-9-10-26-11-14-29-15-12-26/h3-6,13,16H,7-12,14-15,17H2,1-2H3,(H2,23,24,25). The first-order valence-corrected chi connectivity index (χ1v) is 10.3. The molecule has 2 heterocycles. The van der Waals surface area contributed by atoms with Crippen LogP contribution in [0.5, 0.6) is 11.5 Å². The number of rotatable bonds is 10. The van der Waals surface area contributed by atoms with E-state index in [9.17, 15) is 0 Å². The summed E-state index contributed by atoms with van der Waals surface area (Å²) >= 11 is 0. The lowest BCUT2D eigenvalue weighted by Gasteiger charge is -2.26. The van der Waals surface area contributed by atoms with Crippen LogP contribution in [0.15, 0.2) is 46.0 Å². The van der Waals surface area contributed by atoms with Crippen molar-refractivity contribution in [3.63, 3.8) is 0 Å². The number of ether oxygens (including phenoxy) is 3. The third-order valence-electron chi connectivity index (χ3n) is 4.94. The van der Waals surface area contributed by atoms with Gasteiger partial charge in [-0.3, -0.25) is 4.90 Å². The van der Waals surface area contributed by atoms with E-state index in [1.54, 1.807) is 20.5 Å². The maximum Gasteiger partial charge on any atom is 0.191 e. The molecule has 30 heavy (non-hydrogen) atoms. The minimum Gasteiger partial charge on any atom is -0.493 e. The van der Waals surface area contributed by atoms with Crippen molar-refractivity contribution in [3.8, 4) is 11.5 Å². The van der Waals surface area contributed by atoms with Gasteiger partial charge in [-0.1, -0.05) is 6.07 Å². The predicted octanol–water partition coefficient (Wildman–Crippen LogP) is 1.91. The fraction of sp³-hybridized carbons (Fsp3) is 0.500. The highest BCUT2D eigenvalue weighted by Crippen LogP contribution is 2.27. The molecule has 1 aromatic carbocycles. The van der Waals surface area contributed by atoms with Crippen LogP contribution in [-0.2, 0) is 17.7 Å². The number of benzene rings is 1. The van der Waals surface area contributed by atoms with Crippen LogP contribution in [-0.4, -0.2) is 71.0 Å². The topological polar surface area (TPSA) is 80.5 Å². The van der Waals surface area contributed by atoms with E-state index < -0.39 is 0 Å². The lowest BCUT2D eigenvalue weighted by atomic mass is 10.2. The number of nitrogens with one attached hydrogen (secondary N) is 2. The van der Waals surface area contributed by atoms with Gasteiger partial charge in [0, 0.05) is 39.1 Å². The molecule has 164 valence electrons. The van der Waals surface area contributed by atoms with Crippen molar-refractivity contribution < 1.29 is 18.6 Å². The Hall–Kier alpha value is -2.71. The Labute approximate surface area is 178 Å². The zero-order valence-corrected chi connectivity index (χ0v) is 17.9. The van der Waals surface area contributed by atoms with E-state index in [4.69, 9.17) is 23.6 Å². The predicted molar refractivity (Wildman–Crippen MR) is 116 cm³/mol. The van der Waals surface area contributed by atoms with E-state index in [-0.39, 0.29) is 0 Å². The number of hydrogen-bond acceptors (Lipinski definition) is 6. The lowest BCUT2D eigenvalue weighted by Crippen LogP contribution is -2.44. The molecule has 1 aliphatic rings. The van der Waals surface area contributed by atoms with Gasteiger partial charge in [-0.05, 0) is 29.8 Å². The molecule has 2 aromatic rings. The van der Waals surface area contributed by atoms with Gasteiger partial charge in [0.05, 0.1) is 40.2 Å². The summed E-state index contributed by atoms with van der Waals surface area (Å²) in [6.07, 6.45) is 2.50. The van der Waals surface area contributed by atoms with E-state index in [1.165, 1.54) is 0 Å². The molecule has 0 atom stereocenters. The first-order valence-electron chi connectivity index (χ1n) is 10.3. The molecule has 1 fully saturated rings. The smallest absolute Gasteiger partial charge is 0.191 e. The Bertz CT molecular complexity index is 773. The minimum atomic E-state index is 0.536. The molecular formula is C22H32N4O4. The highest BCUT2D eigenvalue weighted by molar-refractivity contribution is 5.79.